The Morgan fingerprint density at radius 3 is 2.13 bits per heavy atom. The summed E-state index contributed by atoms with van der Waals surface area (Å²) in [7, 11) is 0. The van der Waals surface area contributed by atoms with Gasteiger partial charge in [-0.3, -0.25) is 0 Å². The van der Waals surface area contributed by atoms with E-state index in [-0.39, 0.29) is 10.9 Å². The van der Waals surface area contributed by atoms with Gasteiger partial charge in [0.15, 0.2) is 0 Å². The summed E-state index contributed by atoms with van der Waals surface area (Å²) in [5.74, 6) is -1.40. The molecule has 0 fully saturated rings. The van der Waals surface area contributed by atoms with E-state index < -0.39 is 17.6 Å². The SMILES string of the molecule is CC(C)c1cc(F)c(C(F)(F)F)cc1Cl. The quantitative estimate of drug-likeness (QED) is 0.628. The van der Waals surface area contributed by atoms with Gasteiger partial charge < -0.3 is 0 Å². The van der Waals surface area contributed by atoms with Crippen molar-refractivity contribution in [1.82, 2.24) is 0 Å². The van der Waals surface area contributed by atoms with Gasteiger partial charge in [0.05, 0.1) is 5.56 Å². The van der Waals surface area contributed by atoms with E-state index in [0.717, 1.165) is 6.07 Å². The second-order valence-electron chi connectivity index (χ2n) is 3.51. The van der Waals surface area contributed by atoms with Crippen LogP contribution in [0.1, 0.15) is 30.9 Å². The molecule has 1 aromatic rings. The van der Waals surface area contributed by atoms with Crippen molar-refractivity contribution < 1.29 is 17.6 Å². The fourth-order valence-corrected chi connectivity index (χ4v) is 1.60. The third-order valence-electron chi connectivity index (χ3n) is 2.01. The highest BCUT2D eigenvalue weighted by Crippen LogP contribution is 2.36. The first-order valence-electron chi connectivity index (χ1n) is 4.29. The van der Waals surface area contributed by atoms with Crippen LogP contribution in [0.15, 0.2) is 12.1 Å². The lowest BCUT2D eigenvalue weighted by atomic mass is 10.0. The van der Waals surface area contributed by atoms with Crippen LogP contribution < -0.4 is 0 Å². The van der Waals surface area contributed by atoms with Crippen LogP contribution in [0.4, 0.5) is 17.6 Å². The molecule has 0 aliphatic heterocycles. The number of hydrogen-bond acceptors (Lipinski definition) is 0. The van der Waals surface area contributed by atoms with Crippen LogP contribution in [0, 0.1) is 5.82 Å². The highest BCUT2D eigenvalue weighted by atomic mass is 35.5. The summed E-state index contributed by atoms with van der Waals surface area (Å²) in [6.07, 6.45) is -4.71. The lowest BCUT2D eigenvalue weighted by Crippen LogP contribution is -2.09. The number of hydrogen-bond donors (Lipinski definition) is 0. The first-order valence-corrected chi connectivity index (χ1v) is 4.67. The van der Waals surface area contributed by atoms with E-state index in [1.165, 1.54) is 0 Å². The molecule has 0 saturated carbocycles. The summed E-state index contributed by atoms with van der Waals surface area (Å²) in [6.45, 7) is 3.46. The van der Waals surface area contributed by atoms with Gasteiger partial charge in [-0.25, -0.2) is 4.39 Å². The van der Waals surface area contributed by atoms with Crippen molar-refractivity contribution in [3.63, 3.8) is 0 Å². The van der Waals surface area contributed by atoms with Gasteiger partial charge >= 0.3 is 6.18 Å². The predicted molar refractivity (Wildman–Crippen MR) is 50.5 cm³/mol. The fourth-order valence-electron chi connectivity index (χ4n) is 1.22. The third kappa shape index (κ3) is 2.62. The molecule has 15 heavy (non-hydrogen) atoms. The molecule has 0 radical (unpaired) electrons. The molecule has 0 heterocycles. The van der Waals surface area contributed by atoms with Gasteiger partial charge in [0.2, 0.25) is 0 Å². The van der Waals surface area contributed by atoms with Crippen molar-refractivity contribution in [1.29, 1.82) is 0 Å². The summed E-state index contributed by atoms with van der Waals surface area (Å²) >= 11 is 5.64. The van der Waals surface area contributed by atoms with Crippen LogP contribution >= 0.6 is 11.6 Å². The van der Waals surface area contributed by atoms with Crippen LogP contribution in [0.5, 0.6) is 0 Å². The average molecular weight is 241 g/mol. The molecule has 0 aliphatic carbocycles. The van der Waals surface area contributed by atoms with Crippen molar-refractivity contribution in [2.75, 3.05) is 0 Å². The summed E-state index contributed by atoms with van der Waals surface area (Å²) < 4.78 is 49.9. The van der Waals surface area contributed by atoms with Gasteiger partial charge in [-0.1, -0.05) is 25.4 Å². The maximum absolute atomic E-state index is 13.1. The second-order valence-corrected chi connectivity index (χ2v) is 3.91. The van der Waals surface area contributed by atoms with Crippen LogP contribution in [0.2, 0.25) is 5.02 Å². The number of alkyl halides is 3. The molecule has 84 valence electrons. The lowest BCUT2D eigenvalue weighted by Gasteiger charge is -2.13. The maximum Gasteiger partial charge on any atom is 0.419 e. The zero-order chi connectivity index (χ0) is 11.8. The highest BCUT2D eigenvalue weighted by Gasteiger charge is 2.34. The highest BCUT2D eigenvalue weighted by molar-refractivity contribution is 6.31. The molecular weight excluding hydrogens is 232 g/mol. The second kappa shape index (κ2) is 4.00. The van der Waals surface area contributed by atoms with E-state index >= 15 is 0 Å². The van der Waals surface area contributed by atoms with E-state index in [1.807, 2.05) is 0 Å². The Hall–Kier alpha value is -0.770. The Morgan fingerprint density at radius 2 is 1.73 bits per heavy atom. The van der Waals surface area contributed by atoms with Gasteiger partial charge in [-0.2, -0.15) is 13.2 Å². The molecular formula is C10H9ClF4. The maximum atomic E-state index is 13.1. The van der Waals surface area contributed by atoms with Crippen molar-refractivity contribution in [2.24, 2.45) is 0 Å². The molecule has 0 atom stereocenters. The van der Waals surface area contributed by atoms with Gasteiger partial charge in [0, 0.05) is 5.02 Å². The Morgan fingerprint density at radius 1 is 1.20 bits per heavy atom. The first-order chi connectivity index (χ1) is 6.73. The van der Waals surface area contributed by atoms with E-state index in [4.69, 9.17) is 11.6 Å². The van der Waals surface area contributed by atoms with Crippen LogP contribution in [0.3, 0.4) is 0 Å². The van der Waals surface area contributed by atoms with E-state index in [0.29, 0.717) is 11.6 Å². The van der Waals surface area contributed by atoms with Crippen molar-refractivity contribution >= 4 is 11.6 Å². The van der Waals surface area contributed by atoms with Crippen LogP contribution in [-0.2, 0) is 6.18 Å². The van der Waals surface area contributed by atoms with Gasteiger partial charge in [-0.05, 0) is 23.6 Å². The molecule has 0 amide bonds. The largest absolute Gasteiger partial charge is 0.419 e. The topological polar surface area (TPSA) is 0 Å². The Bertz CT molecular complexity index is 368. The standard InChI is InChI=1S/C10H9ClF4/c1-5(2)6-3-9(12)7(4-8(6)11)10(13,14)15/h3-5H,1-2H3. The molecule has 0 N–H and O–H groups in total. The van der Waals surface area contributed by atoms with Crippen molar-refractivity contribution in [3.8, 4) is 0 Å². The third-order valence-corrected chi connectivity index (χ3v) is 2.34. The summed E-state index contributed by atoms with van der Waals surface area (Å²) in [5.41, 5.74) is -0.945. The molecule has 0 spiro atoms. The van der Waals surface area contributed by atoms with E-state index in [1.54, 1.807) is 13.8 Å². The minimum absolute atomic E-state index is 0.0567. The van der Waals surface area contributed by atoms with E-state index in [2.05, 4.69) is 0 Å². The molecule has 5 heteroatoms. The number of rotatable bonds is 1. The monoisotopic (exact) mass is 240 g/mol. The number of benzene rings is 1. The molecule has 0 aliphatic rings. The van der Waals surface area contributed by atoms with Gasteiger partial charge in [-0.15, -0.1) is 0 Å². The summed E-state index contributed by atoms with van der Waals surface area (Å²) in [5, 5.41) is -0.0567. The minimum Gasteiger partial charge on any atom is -0.206 e. The average Bonchev–Trinajstić information content (AvgIpc) is 2.06. The minimum atomic E-state index is -4.71. The smallest absolute Gasteiger partial charge is 0.206 e. The molecule has 0 saturated heterocycles. The van der Waals surface area contributed by atoms with Crippen LogP contribution in [0.25, 0.3) is 0 Å². The zero-order valence-electron chi connectivity index (χ0n) is 8.12. The zero-order valence-corrected chi connectivity index (χ0v) is 8.88. The molecule has 1 aromatic carbocycles. The van der Waals surface area contributed by atoms with Gasteiger partial charge in [0.1, 0.15) is 5.82 Å². The Balaban J connectivity index is 3.32. The van der Waals surface area contributed by atoms with Crippen molar-refractivity contribution in [2.45, 2.75) is 25.9 Å². The summed E-state index contributed by atoms with van der Waals surface area (Å²) in [6, 6.07) is 1.47. The molecule has 0 bridgehead atoms. The van der Waals surface area contributed by atoms with E-state index in [9.17, 15) is 17.6 Å². The molecule has 0 unspecified atom stereocenters. The Kier molecular flexibility index (Phi) is 3.28. The Labute approximate surface area is 89.9 Å². The number of halogens is 5. The van der Waals surface area contributed by atoms with Crippen LogP contribution in [-0.4, -0.2) is 0 Å². The summed E-state index contributed by atoms with van der Waals surface area (Å²) in [4.78, 5) is 0. The fraction of sp³-hybridized carbons (Fsp3) is 0.400. The molecule has 0 nitrogen and oxygen atoms in total. The molecule has 1 rings (SSSR count). The first kappa shape index (κ1) is 12.3. The van der Waals surface area contributed by atoms with Gasteiger partial charge in [0.25, 0.3) is 0 Å². The normalized spacial score (nSPS) is 12.3. The predicted octanol–water partition coefficient (Wildman–Crippen LogP) is 4.62. The lowest BCUT2D eigenvalue weighted by molar-refractivity contribution is -0.140. The molecule has 0 aromatic heterocycles. The van der Waals surface area contributed by atoms with Crippen molar-refractivity contribution in [3.05, 3.63) is 34.1 Å².